The van der Waals surface area contributed by atoms with Gasteiger partial charge >= 0.3 is 5.97 Å². The van der Waals surface area contributed by atoms with E-state index in [9.17, 15) is 4.79 Å². The van der Waals surface area contributed by atoms with Crippen LogP contribution in [0.1, 0.15) is 98.8 Å². The number of hydrogen-bond donors (Lipinski definition) is 0. The van der Waals surface area contributed by atoms with Gasteiger partial charge in [-0.05, 0) is 92.3 Å². The van der Waals surface area contributed by atoms with E-state index in [-0.39, 0.29) is 11.9 Å². The minimum absolute atomic E-state index is 0.195. The minimum Gasteiger partial charge on any atom is -0.465 e. The van der Waals surface area contributed by atoms with Gasteiger partial charge in [0.15, 0.2) is 0 Å². The van der Waals surface area contributed by atoms with E-state index in [0.717, 1.165) is 30.1 Å². The van der Waals surface area contributed by atoms with Crippen molar-refractivity contribution in [3.8, 4) is 0 Å². The Hall–Kier alpha value is -1.31. The first-order valence-corrected chi connectivity index (χ1v) is 13.4. The van der Waals surface area contributed by atoms with Crippen molar-refractivity contribution in [3.05, 3.63) is 35.5 Å². The molecule has 7 atom stereocenters. The highest BCUT2D eigenvalue weighted by atomic mass is 16.5. The van der Waals surface area contributed by atoms with Crippen LogP contribution in [-0.2, 0) is 9.53 Å². The molecule has 2 nitrogen and oxygen atoms in total. The number of rotatable bonds is 7. The van der Waals surface area contributed by atoms with Gasteiger partial charge in [0.05, 0.1) is 6.61 Å². The predicted octanol–water partition coefficient (Wildman–Crippen LogP) is 8.05. The summed E-state index contributed by atoms with van der Waals surface area (Å²) >= 11 is 0. The summed E-state index contributed by atoms with van der Waals surface area (Å²) in [5.41, 5.74) is 5.72. The van der Waals surface area contributed by atoms with Crippen LogP contribution in [0.5, 0.6) is 0 Å². The van der Waals surface area contributed by atoms with Crippen LogP contribution in [-0.4, -0.2) is 12.6 Å². The SMILES string of the molecule is C=C(CC[C@@H](C)[C@H]1CC[C@H]2C3=CC=C4CCCC[C@]4(C)[C@H]3CC[C@]12C)C(C)COC(C)=O. The highest BCUT2D eigenvalue weighted by Gasteiger charge is 2.56. The Kier molecular flexibility index (Phi) is 6.81. The number of ether oxygens (including phenoxy) is 1. The molecule has 0 heterocycles. The molecule has 3 saturated carbocycles. The summed E-state index contributed by atoms with van der Waals surface area (Å²) in [5, 5.41) is 0. The number of carbonyl (C=O) groups is 1. The van der Waals surface area contributed by atoms with Crippen molar-refractivity contribution in [3.63, 3.8) is 0 Å². The lowest BCUT2D eigenvalue weighted by Crippen LogP contribution is -2.45. The fourth-order valence-electron chi connectivity index (χ4n) is 8.23. The molecule has 2 heteroatoms. The lowest BCUT2D eigenvalue weighted by molar-refractivity contribution is -0.141. The number of fused-ring (bicyclic) bond motifs is 5. The van der Waals surface area contributed by atoms with Gasteiger partial charge in [0, 0.05) is 12.8 Å². The molecule has 0 N–H and O–H groups in total. The van der Waals surface area contributed by atoms with Crippen LogP contribution in [0.15, 0.2) is 35.5 Å². The molecule has 0 aromatic carbocycles. The molecular formula is C30H46O2. The summed E-state index contributed by atoms with van der Waals surface area (Å²) in [4.78, 5) is 11.1. The predicted molar refractivity (Wildman–Crippen MR) is 133 cm³/mol. The smallest absolute Gasteiger partial charge is 0.302 e. The Balaban J connectivity index is 1.41. The van der Waals surface area contributed by atoms with Crippen LogP contribution < -0.4 is 0 Å². The summed E-state index contributed by atoms with van der Waals surface area (Å²) < 4.78 is 5.20. The maximum atomic E-state index is 11.1. The van der Waals surface area contributed by atoms with Gasteiger partial charge in [-0.15, -0.1) is 0 Å². The first-order valence-electron chi connectivity index (χ1n) is 13.4. The van der Waals surface area contributed by atoms with Crippen LogP contribution in [0.4, 0.5) is 0 Å². The van der Waals surface area contributed by atoms with E-state index in [0.29, 0.717) is 17.4 Å². The van der Waals surface area contributed by atoms with Crippen molar-refractivity contribution in [1.29, 1.82) is 0 Å². The molecule has 4 aliphatic rings. The van der Waals surface area contributed by atoms with Crippen LogP contribution in [0.2, 0.25) is 0 Å². The zero-order valence-corrected chi connectivity index (χ0v) is 21.3. The van der Waals surface area contributed by atoms with Crippen LogP contribution in [0.25, 0.3) is 0 Å². The molecular weight excluding hydrogens is 392 g/mol. The molecule has 0 aromatic rings. The van der Waals surface area contributed by atoms with Gasteiger partial charge in [-0.2, -0.15) is 0 Å². The second-order valence-electron chi connectivity index (χ2n) is 12.2. The van der Waals surface area contributed by atoms with E-state index < -0.39 is 0 Å². The fraction of sp³-hybridized carbons (Fsp3) is 0.767. The summed E-state index contributed by atoms with van der Waals surface area (Å²) in [6, 6.07) is 0. The summed E-state index contributed by atoms with van der Waals surface area (Å²) in [5.74, 6) is 3.18. The van der Waals surface area contributed by atoms with Crippen LogP contribution >= 0.6 is 0 Å². The molecule has 4 aliphatic carbocycles. The molecule has 0 spiro atoms. The first-order chi connectivity index (χ1) is 15.2. The fourth-order valence-corrected chi connectivity index (χ4v) is 8.23. The third-order valence-corrected chi connectivity index (χ3v) is 10.4. The van der Waals surface area contributed by atoms with E-state index in [1.54, 1.807) is 5.57 Å². The van der Waals surface area contributed by atoms with Gasteiger partial charge in [0.2, 0.25) is 0 Å². The molecule has 3 fully saturated rings. The Labute approximate surface area is 197 Å². The monoisotopic (exact) mass is 438 g/mol. The Morgan fingerprint density at radius 2 is 1.91 bits per heavy atom. The molecule has 0 radical (unpaired) electrons. The largest absolute Gasteiger partial charge is 0.465 e. The third-order valence-electron chi connectivity index (χ3n) is 10.4. The first kappa shape index (κ1) is 23.8. The van der Waals surface area contributed by atoms with Crippen molar-refractivity contribution in [1.82, 2.24) is 0 Å². The van der Waals surface area contributed by atoms with Gasteiger partial charge < -0.3 is 4.74 Å². The summed E-state index contributed by atoms with van der Waals surface area (Å²) in [6.45, 7) is 16.1. The Morgan fingerprint density at radius 1 is 1.12 bits per heavy atom. The van der Waals surface area contributed by atoms with Crippen molar-refractivity contribution in [2.45, 2.75) is 98.8 Å². The highest BCUT2D eigenvalue weighted by Crippen LogP contribution is 2.66. The topological polar surface area (TPSA) is 26.3 Å². The molecule has 0 aliphatic heterocycles. The lowest BCUT2D eigenvalue weighted by atomic mass is 9.50. The third kappa shape index (κ3) is 4.16. The number of hydrogen-bond acceptors (Lipinski definition) is 2. The maximum absolute atomic E-state index is 11.1. The number of carbonyl (C=O) groups excluding carboxylic acids is 1. The average molecular weight is 439 g/mol. The Bertz CT molecular complexity index is 804. The number of esters is 1. The quantitative estimate of drug-likeness (QED) is 0.297. The van der Waals surface area contributed by atoms with Crippen molar-refractivity contribution in [2.24, 2.45) is 40.4 Å². The molecule has 4 rings (SSSR count). The van der Waals surface area contributed by atoms with Gasteiger partial charge in [-0.3, -0.25) is 4.79 Å². The average Bonchev–Trinajstić information content (AvgIpc) is 3.12. The highest BCUT2D eigenvalue weighted by molar-refractivity contribution is 5.65. The van der Waals surface area contributed by atoms with Gasteiger partial charge in [-0.25, -0.2) is 0 Å². The standard InChI is InChI=1S/C30H46O2/c1-20(22(3)19-32-23(4)31)10-11-21(2)26-14-15-27-25-13-12-24-9-7-8-17-29(24,5)28(25)16-18-30(26,27)6/h12-13,21-22,26-28H,1,7-11,14-19H2,2-6H3/t21-,22?,26-,27+,28+,29+,30-/m1/s1. The summed E-state index contributed by atoms with van der Waals surface area (Å²) in [7, 11) is 0. The molecule has 32 heavy (non-hydrogen) atoms. The van der Waals surface area contributed by atoms with Crippen molar-refractivity contribution in [2.75, 3.05) is 6.61 Å². The minimum atomic E-state index is -0.195. The van der Waals surface area contributed by atoms with E-state index in [1.807, 2.05) is 5.57 Å². The zero-order valence-electron chi connectivity index (χ0n) is 21.3. The van der Waals surface area contributed by atoms with E-state index in [2.05, 4.69) is 46.4 Å². The van der Waals surface area contributed by atoms with Crippen LogP contribution in [0, 0.1) is 40.4 Å². The second-order valence-corrected chi connectivity index (χ2v) is 12.2. The normalized spacial score (nSPS) is 37.8. The summed E-state index contributed by atoms with van der Waals surface area (Å²) in [6.07, 6.45) is 18.5. The number of allylic oxidation sites excluding steroid dienone is 4. The van der Waals surface area contributed by atoms with E-state index >= 15 is 0 Å². The van der Waals surface area contributed by atoms with Gasteiger partial charge in [-0.1, -0.05) is 69.6 Å². The molecule has 0 bridgehead atoms. The second kappa shape index (κ2) is 9.15. The zero-order chi connectivity index (χ0) is 23.1. The van der Waals surface area contributed by atoms with E-state index in [4.69, 9.17) is 4.74 Å². The van der Waals surface area contributed by atoms with Crippen LogP contribution in [0.3, 0.4) is 0 Å². The van der Waals surface area contributed by atoms with Crippen molar-refractivity contribution >= 4 is 5.97 Å². The van der Waals surface area contributed by atoms with Gasteiger partial charge in [0.1, 0.15) is 0 Å². The van der Waals surface area contributed by atoms with Gasteiger partial charge in [0.25, 0.3) is 0 Å². The van der Waals surface area contributed by atoms with E-state index in [1.165, 1.54) is 70.3 Å². The Morgan fingerprint density at radius 3 is 2.66 bits per heavy atom. The maximum Gasteiger partial charge on any atom is 0.302 e. The lowest BCUT2D eigenvalue weighted by Gasteiger charge is -2.54. The molecule has 0 saturated heterocycles. The molecule has 178 valence electrons. The molecule has 0 aromatic heterocycles. The molecule has 0 amide bonds. The van der Waals surface area contributed by atoms with Crippen molar-refractivity contribution < 1.29 is 9.53 Å². The molecule has 1 unspecified atom stereocenters.